The van der Waals surface area contributed by atoms with E-state index in [2.05, 4.69) is 30.9 Å². The van der Waals surface area contributed by atoms with Crippen LogP contribution in [0, 0.1) is 0 Å². The summed E-state index contributed by atoms with van der Waals surface area (Å²) in [5.41, 5.74) is 1.73. The average molecular weight is 360 g/mol. The molecule has 0 saturated heterocycles. The summed E-state index contributed by atoms with van der Waals surface area (Å²) in [6.45, 7) is 3.39. The molecule has 22 heavy (non-hydrogen) atoms. The molecule has 0 aromatic carbocycles. The van der Waals surface area contributed by atoms with Gasteiger partial charge in [-0.05, 0) is 54.0 Å². The van der Waals surface area contributed by atoms with Crippen LogP contribution in [0.2, 0.25) is 0 Å². The van der Waals surface area contributed by atoms with Gasteiger partial charge in [-0.2, -0.15) is 0 Å². The molecule has 0 fully saturated rings. The lowest BCUT2D eigenvalue weighted by Crippen LogP contribution is -2.17. The molecule has 1 N–H and O–H groups in total. The number of aliphatic hydroxyl groups is 1. The fourth-order valence-electron chi connectivity index (χ4n) is 1.97. The summed E-state index contributed by atoms with van der Waals surface area (Å²) in [7, 11) is 0. The van der Waals surface area contributed by atoms with Gasteiger partial charge in [-0.3, -0.25) is 9.97 Å². The number of hydrogen-bond acceptors (Lipinski definition) is 5. The van der Waals surface area contributed by atoms with Crippen molar-refractivity contribution in [2.45, 2.75) is 19.4 Å². The minimum Gasteiger partial charge on any atom is -0.427 e. The molecule has 0 amide bonds. The van der Waals surface area contributed by atoms with E-state index in [0.717, 1.165) is 5.56 Å². The van der Waals surface area contributed by atoms with Gasteiger partial charge in [0, 0.05) is 18.0 Å². The van der Waals surface area contributed by atoms with Crippen molar-refractivity contribution in [2.24, 2.45) is 0 Å². The number of nitrogens with zero attached hydrogens (tertiary/aromatic N) is 3. The van der Waals surface area contributed by atoms with E-state index in [4.69, 9.17) is 4.42 Å². The molecular formula is C16H14BrN3O2. The first-order valence-corrected chi connectivity index (χ1v) is 7.51. The Bertz CT molecular complexity index is 777. The molecule has 0 spiro atoms. The van der Waals surface area contributed by atoms with Crippen LogP contribution in [-0.4, -0.2) is 20.1 Å². The lowest BCUT2D eigenvalue weighted by molar-refractivity contribution is 0.0739. The Balaban J connectivity index is 1.98. The maximum atomic E-state index is 9.94. The molecule has 6 heteroatoms. The van der Waals surface area contributed by atoms with Crippen molar-refractivity contribution >= 4 is 15.9 Å². The van der Waals surface area contributed by atoms with E-state index in [-0.39, 0.29) is 0 Å². The van der Waals surface area contributed by atoms with Crippen LogP contribution in [0.5, 0.6) is 0 Å². The first kappa shape index (κ1) is 14.9. The molecule has 0 aliphatic rings. The van der Waals surface area contributed by atoms with Crippen LogP contribution in [0.3, 0.4) is 0 Å². The number of pyridine rings is 2. The average Bonchev–Trinajstić information content (AvgIpc) is 2.89. The lowest BCUT2D eigenvalue weighted by Gasteiger charge is -2.16. The van der Waals surface area contributed by atoms with Gasteiger partial charge >= 0.3 is 0 Å². The van der Waals surface area contributed by atoms with Gasteiger partial charge < -0.3 is 9.52 Å². The van der Waals surface area contributed by atoms with Gasteiger partial charge in [0.25, 0.3) is 0 Å². The zero-order valence-corrected chi connectivity index (χ0v) is 13.7. The van der Waals surface area contributed by atoms with E-state index >= 15 is 0 Å². The topological polar surface area (TPSA) is 72.0 Å². The normalized spacial score (nSPS) is 11.6. The maximum absolute atomic E-state index is 9.94. The van der Waals surface area contributed by atoms with Gasteiger partial charge in [0.2, 0.25) is 5.89 Å². The molecule has 3 aromatic heterocycles. The van der Waals surface area contributed by atoms with Gasteiger partial charge in [0.1, 0.15) is 17.0 Å². The molecule has 3 heterocycles. The first-order valence-electron chi connectivity index (χ1n) is 6.72. The van der Waals surface area contributed by atoms with Crippen molar-refractivity contribution in [1.82, 2.24) is 15.0 Å². The minimum absolute atomic E-state index is 0.439. The van der Waals surface area contributed by atoms with Crippen LogP contribution in [0.25, 0.3) is 22.8 Å². The summed E-state index contributed by atoms with van der Waals surface area (Å²) in [4.78, 5) is 13.0. The van der Waals surface area contributed by atoms with Crippen molar-refractivity contribution in [2.75, 3.05) is 0 Å². The minimum atomic E-state index is -0.974. The standard InChI is InChI=1S/C16H14BrN3O2/c1-16(2,21)12-7-6-10(9-19-12)13-14(17)22-15(20-13)11-5-3-4-8-18-11/h3-9,21H,1-2H3. The second-order valence-corrected chi connectivity index (χ2v) is 6.07. The third kappa shape index (κ3) is 2.93. The van der Waals surface area contributed by atoms with Crippen LogP contribution in [0.15, 0.2) is 51.8 Å². The number of halogens is 1. The molecule has 0 aliphatic heterocycles. The molecule has 0 aliphatic carbocycles. The highest BCUT2D eigenvalue weighted by molar-refractivity contribution is 9.10. The molecule has 0 bridgehead atoms. The molecule has 0 saturated carbocycles. The van der Waals surface area contributed by atoms with E-state index in [0.29, 0.717) is 27.6 Å². The van der Waals surface area contributed by atoms with Crippen LogP contribution in [0.4, 0.5) is 0 Å². The van der Waals surface area contributed by atoms with Gasteiger partial charge in [0.15, 0.2) is 4.67 Å². The second-order valence-electron chi connectivity index (χ2n) is 5.35. The van der Waals surface area contributed by atoms with E-state index < -0.39 is 5.60 Å². The van der Waals surface area contributed by atoms with E-state index in [9.17, 15) is 5.11 Å². The van der Waals surface area contributed by atoms with Gasteiger partial charge in [-0.25, -0.2) is 4.98 Å². The zero-order valence-electron chi connectivity index (χ0n) is 12.1. The largest absolute Gasteiger partial charge is 0.427 e. The number of aromatic nitrogens is 3. The van der Waals surface area contributed by atoms with E-state index in [1.165, 1.54) is 0 Å². The van der Waals surface area contributed by atoms with E-state index in [1.807, 2.05) is 24.3 Å². The Morgan fingerprint density at radius 1 is 1.14 bits per heavy atom. The van der Waals surface area contributed by atoms with Gasteiger partial charge in [0.05, 0.1) is 5.69 Å². The Labute approximate surface area is 136 Å². The maximum Gasteiger partial charge on any atom is 0.246 e. The number of rotatable bonds is 3. The van der Waals surface area contributed by atoms with Crippen LogP contribution in [-0.2, 0) is 5.60 Å². The Hall–Kier alpha value is -2.05. The quantitative estimate of drug-likeness (QED) is 0.770. The first-order chi connectivity index (χ1) is 10.4. The molecule has 3 rings (SSSR count). The molecule has 5 nitrogen and oxygen atoms in total. The fourth-order valence-corrected chi connectivity index (χ4v) is 2.45. The van der Waals surface area contributed by atoms with Crippen LogP contribution in [0.1, 0.15) is 19.5 Å². The predicted molar refractivity (Wildman–Crippen MR) is 85.9 cm³/mol. The van der Waals surface area contributed by atoms with Crippen LogP contribution >= 0.6 is 15.9 Å². The lowest BCUT2D eigenvalue weighted by atomic mass is 10.0. The SMILES string of the molecule is CC(C)(O)c1ccc(-c2nc(-c3ccccn3)oc2Br)cn1. The van der Waals surface area contributed by atoms with Gasteiger partial charge in [-0.1, -0.05) is 6.07 Å². The summed E-state index contributed by atoms with van der Waals surface area (Å²) in [5, 5.41) is 9.94. The smallest absolute Gasteiger partial charge is 0.246 e. The summed E-state index contributed by atoms with van der Waals surface area (Å²) < 4.78 is 6.14. The molecule has 0 unspecified atom stereocenters. The van der Waals surface area contributed by atoms with Crippen molar-refractivity contribution in [3.63, 3.8) is 0 Å². The van der Waals surface area contributed by atoms with Crippen molar-refractivity contribution in [3.8, 4) is 22.8 Å². The van der Waals surface area contributed by atoms with Crippen molar-refractivity contribution in [3.05, 3.63) is 53.1 Å². The van der Waals surface area contributed by atoms with Crippen molar-refractivity contribution in [1.29, 1.82) is 0 Å². The van der Waals surface area contributed by atoms with Crippen molar-refractivity contribution < 1.29 is 9.52 Å². The predicted octanol–water partition coefficient (Wildman–Crippen LogP) is 3.79. The molecule has 0 radical (unpaired) electrons. The summed E-state index contributed by atoms with van der Waals surface area (Å²) in [6.07, 6.45) is 3.35. The second kappa shape index (κ2) is 5.62. The Kier molecular flexibility index (Phi) is 3.80. The Morgan fingerprint density at radius 3 is 2.55 bits per heavy atom. The highest BCUT2D eigenvalue weighted by atomic mass is 79.9. The molecule has 0 atom stereocenters. The summed E-state index contributed by atoms with van der Waals surface area (Å²) >= 11 is 3.38. The molecule has 112 valence electrons. The Morgan fingerprint density at radius 2 is 1.95 bits per heavy atom. The molecule has 3 aromatic rings. The zero-order chi connectivity index (χ0) is 15.7. The fraction of sp³-hybridized carbons (Fsp3) is 0.188. The highest BCUT2D eigenvalue weighted by Crippen LogP contribution is 2.32. The third-order valence-corrected chi connectivity index (χ3v) is 3.67. The van der Waals surface area contributed by atoms with Crippen LogP contribution < -0.4 is 0 Å². The summed E-state index contributed by atoms with van der Waals surface area (Å²) in [6, 6.07) is 9.17. The monoisotopic (exact) mass is 359 g/mol. The number of oxazole rings is 1. The van der Waals surface area contributed by atoms with Gasteiger partial charge in [-0.15, -0.1) is 0 Å². The molecular weight excluding hydrogens is 346 g/mol. The number of hydrogen-bond donors (Lipinski definition) is 1. The van der Waals surface area contributed by atoms with E-state index in [1.54, 1.807) is 32.3 Å². The highest BCUT2D eigenvalue weighted by Gasteiger charge is 2.19. The third-order valence-electron chi connectivity index (χ3n) is 3.13. The summed E-state index contributed by atoms with van der Waals surface area (Å²) in [5.74, 6) is 0.439.